The Hall–Kier alpha value is -3.33. The van der Waals surface area contributed by atoms with Gasteiger partial charge in [0.05, 0.1) is 16.4 Å². The molecule has 2 aliphatic rings. The number of piperazine rings is 1. The van der Waals surface area contributed by atoms with Crippen molar-refractivity contribution in [2.45, 2.75) is 26.3 Å². The van der Waals surface area contributed by atoms with E-state index >= 15 is 0 Å². The molecule has 0 radical (unpaired) electrons. The smallest absolute Gasteiger partial charge is 0.227 e. The quantitative estimate of drug-likeness (QED) is 0.321. The molecule has 2 N–H and O–H groups in total. The van der Waals surface area contributed by atoms with Gasteiger partial charge in [-0.1, -0.05) is 31.2 Å². The number of benzene rings is 2. The van der Waals surface area contributed by atoms with Crippen LogP contribution in [-0.2, 0) is 11.3 Å². The first-order valence-electron chi connectivity index (χ1n) is 13.1. The number of hydrogen-bond acceptors (Lipinski definition) is 7. The van der Waals surface area contributed by atoms with E-state index < -0.39 is 0 Å². The average Bonchev–Trinajstić information content (AvgIpc) is 3.70. The fraction of sp³-hybridized carbons (Fsp3) is 0.345. The van der Waals surface area contributed by atoms with Gasteiger partial charge in [0.25, 0.3) is 0 Å². The van der Waals surface area contributed by atoms with Crippen molar-refractivity contribution < 1.29 is 4.79 Å². The minimum Gasteiger partial charge on any atom is -0.326 e. The van der Waals surface area contributed by atoms with Gasteiger partial charge in [0.2, 0.25) is 11.9 Å². The van der Waals surface area contributed by atoms with Gasteiger partial charge in [0, 0.05) is 61.0 Å². The molecule has 1 saturated carbocycles. The highest BCUT2D eigenvalue weighted by molar-refractivity contribution is 7.17. The highest BCUT2D eigenvalue weighted by atomic mass is 32.1. The van der Waals surface area contributed by atoms with E-state index in [0.717, 1.165) is 84.8 Å². The number of nitrogens with zero attached hydrogens (tertiary/aromatic N) is 4. The molecule has 1 amide bonds. The molecule has 1 aliphatic carbocycles. The normalized spacial score (nSPS) is 16.7. The Morgan fingerprint density at radius 3 is 2.57 bits per heavy atom. The van der Waals surface area contributed by atoms with Gasteiger partial charge in [0.15, 0.2) is 0 Å². The number of hydrogen-bond donors (Lipinski definition) is 2. The molecular formula is C29H32N6OS. The van der Waals surface area contributed by atoms with E-state index in [9.17, 15) is 4.79 Å². The summed E-state index contributed by atoms with van der Waals surface area (Å²) in [6.07, 6.45) is 3.86. The third-order valence-corrected chi connectivity index (χ3v) is 8.14. The van der Waals surface area contributed by atoms with Crippen molar-refractivity contribution in [1.82, 2.24) is 19.8 Å². The van der Waals surface area contributed by atoms with Crippen LogP contribution in [0.2, 0.25) is 0 Å². The van der Waals surface area contributed by atoms with Gasteiger partial charge < -0.3 is 15.5 Å². The van der Waals surface area contributed by atoms with Crippen LogP contribution in [0, 0.1) is 5.92 Å². The average molecular weight is 513 g/mol. The van der Waals surface area contributed by atoms with Crippen molar-refractivity contribution >= 4 is 44.8 Å². The zero-order chi connectivity index (χ0) is 25.2. The predicted octanol–water partition coefficient (Wildman–Crippen LogP) is 5.59. The standard InChI is InChI=1S/C29H32N6OS/c1-2-34-12-14-35(15-13-34)18-20-6-10-23(11-7-20)32-29-30-17-26-27(33-29)25(19-37-26)22-4-3-5-24(16-22)31-28(36)21-8-9-21/h3-7,10-11,16-17,19,21H,2,8-9,12-15,18H2,1H3,(H,31,36)(H,30,32,33). The fourth-order valence-corrected chi connectivity index (χ4v) is 5.67. The summed E-state index contributed by atoms with van der Waals surface area (Å²) in [4.78, 5) is 26.6. The molecule has 3 heterocycles. The predicted molar refractivity (Wildman–Crippen MR) is 151 cm³/mol. The van der Waals surface area contributed by atoms with E-state index in [1.807, 2.05) is 24.4 Å². The largest absolute Gasteiger partial charge is 0.326 e. The van der Waals surface area contributed by atoms with Crippen LogP contribution in [0.1, 0.15) is 25.3 Å². The lowest BCUT2D eigenvalue weighted by atomic mass is 10.1. The lowest BCUT2D eigenvalue weighted by Crippen LogP contribution is -2.45. The summed E-state index contributed by atoms with van der Waals surface area (Å²) in [6.45, 7) is 8.91. The Labute approximate surface area is 221 Å². The van der Waals surface area contributed by atoms with Gasteiger partial charge in [0.1, 0.15) is 0 Å². The van der Waals surface area contributed by atoms with Gasteiger partial charge >= 0.3 is 0 Å². The zero-order valence-electron chi connectivity index (χ0n) is 21.1. The lowest BCUT2D eigenvalue weighted by Gasteiger charge is -2.34. The second kappa shape index (κ2) is 10.6. The van der Waals surface area contributed by atoms with E-state index in [-0.39, 0.29) is 11.8 Å². The van der Waals surface area contributed by atoms with E-state index in [2.05, 4.69) is 68.1 Å². The number of carbonyl (C=O) groups is 1. The molecule has 0 atom stereocenters. The summed E-state index contributed by atoms with van der Waals surface area (Å²) < 4.78 is 1.03. The van der Waals surface area contributed by atoms with Gasteiger partial charge in [-0.25, -0.2) is 9.97 Å². The first-order valence-corrected chi connectivity index (χ1v) is 14.0. The molecular weight excluding hydrogens is 480 g/mol. The number of amides is 1. The van der Waals surface area contributed by atoms with Crippen LogP contribution in [0.25, 0.3) is 21.3 Å². The van der Waals surface area contributed by atoms with Crippen molar-refractivity contribution in [2.24, 2.45) is 5.92 Å². The number of nitrogens with one attached hydrogen (secondary N) is 2. The number of carbonyl (C=O) groups excluding carboxylic acids is 1. The second-order valence-electron chi connectivity index (χ2n) is 9.93. The van der Waals surface area contributed by atoms with E-state index in [4.69, 9.17) is 4.98 Å². The molecule has 37 heavy (non-hydrogen) atoms. The zero-order valence-corrected chi connectivity index (χ0v) is 21.9. The Balaban J connectivity index is 1.15. The third kappa shape index (κ3) is 5.66. The molecule has 1 aliphatic heterocycles. The second-order valence-corrected chi connectivity index (χ2v) is 10.8. The van der Waals surface area contributed by atoms with E-state index in [1.165, 1.54) is 5.56 Å². The monoisotopic (exact) mass is 512 g/mol. The third-order valence-electron chi connectivity index (χ3n) is 7.23. The first-order chi connectivity index (χ1) is 18.1. The SMILES string of the molecule is CCN1CCN(Cc2ccc(Nc3ncc4scc(-c5cccc(NC(=O)C6CC6)c5)c4n3)cc2)CC1. The maximum absolute atomic E-state index is 12.2. The number of aromatic nitrogens is 2. The van der Waals surface area contributed by atoms with Crippen molar-refractivity contribution in [3.05, 3.63) is 65.7 Å². The molecule has 0 unspecified atom stereocenters. The summed E-state index contributed by atoms with van der Waals surface area (Å²) in [5, 5.41) is 8.53. The first kappa shape index (κ1) is 24.0. The molecule has 2 fully saturated rings. The van der Waals surface area contributed by atoms with Crippen LogP contribution < -0.4 is 10.6 Å². The van der Waals surface area contributed by atoms with Crippen molar-refractivity contribution in [1.29, 1.82) is 0 Å². The Morgan fingerprint density at radius 2 is 1.81 bits per heavy atom. The molecule has 4 aromatic rings. The molecule has 0 spiro atoms. The number of anilines is 3. The molecule has 6 rings (SSSR count). The van der Waals surface area contributed by atoms with Crippen LogP contribution >= 0.6 is 11.3 Å². The highest BCUT2D eigenvalue weighted by Crippen LogP contribution is 2.35. The highest BCUT2D eigenvalue weighted by Gasteiger charge is 2.29. The Bertz CT molecular complexity index is 1390. The Morgan fingerprint density at radius 1 is 1.03 bits per heavy atom. The molecule has 0 bridgehead atoms. The minimum atomic E-state index is 0.117. The number of likely N-dealkylation sites (N-methyl/N-ethyl adjacent to an activating group) is 1. The summed E-state index contributed by atoms with van der Waals surface area (Å²) in [5.74, 6) is 0.873. The van der Waals surface area contributed by atoms with Gasteiger partial charge in [-0.2, -0.15) is 0 Å². The van der Waals surface area contributed by atoms with Crippen LogP contribution in [0.5, 0.6) is 0 Å². The maximum Gasteiger partial charge on any atom is 0.227 e. The molecule has 2 aromatic heterocycles. The van der Waals surface area contributed by atoms with Gasteiger partial charge in [-0.3, -0.25) is 9.69 Å². The molecule has 1 saturated heterocycles. The minimum absolute atomic E-state index is 0.117. The summed E-state index contributed by atoms with van der Waals surface area (Å²) in [7, 11) is 0. The number of thiophene rings is 1. The van der Waals surface area contributed by atoms with Crippen LogP contribution in [0.4, 0.5) is 17.3 Å². The van der Waals surface area contributed by atoms with Crippen LogP contribution in [0.3, 0.4) is 0 Å². The molecule has 7 nitrogen and oxygen atoms in total. The van der Waals surface area contributed by atoms with Crippen LogP contribution in [-0.4, -0.2) is 58.4 Å². The van der Waals surface area contributed by atoms with Crippen LogP contribution in [0.15, 0.2) is 60.1 Å². The molecule has 2 aromatic carbocycles. The molecule has 8 heteroatoms. The number of fused-ring (bicyclic) bond motifs is 1. The maximum atomic E-state index is 12.2. The van der Waals surface area contributed by atoms with E-state index in [0.29, 0.717) is 5.95 Å². The van der Waals surface area contributed by atoms with Gasteiger partial charge in [-0.15, -0.1) is 11.3 Å². The van der Waals surface area contributed by atoms with Crippen molar-refractivity contribution in [3.63, 3.8) is 0 Å². The van der Waals surface area contributed by atoms with Crippen molar-refractivity contribution in [2.75, 3.05) is 43.4 Å². The summed E-state index contributed by atoms with van der Waals surface area (Å²) in [6, 6.07) is 16.6. The van der Waals surface area contributed by atoms with E-state index in [1.54, 1.807) is 11.3 Å². The van der Waals surface area contributed by atoms with Crippen molar-refractivity contribution in [3.8, 4) is 11.1 Å². The fourth-order valence-electron chi connectivity index (χ4n) is 4.79. The summed E-state index contributed by atoms with van der Waals surface area (Å²) >= 11 is 1.63. The molecule has 190 valence electrons. The lowest BCUT2D eigenvalue weighted by molar-refractivity contribution is -0.117. The van der Waals surface area contributed by atoms with Gasteiger partial charge in [-0.05, 0) is 54.8 Å². The Kier molecular flexibility index (Phi) is 6.87. The number of rotatable bonds is 8. The summed E-state index contributed by atoms with van der Waals surface area (Å²) in [5.41, 5.74) is 6.12. The topological polar surface area (TPSA) is 73.4 Å².